The lowest BCUT2D eigenvalue weighted by Gasteiger charge is -2.11. The van der Waals surface area contributed by atoms with Gasteiger partial charge in [-0.15, -0.1) is 0 Å². The second-order valence-electron chi connectivity index (χ2n) is 6.64. The zero-order valence-corrected chi connectivity index (χ0v) is 15.6. The van der Waals surface area contributed by atoms with Gasteiger partial charge in [-0.2, -0.15) is 10.2 Å². The molecule has 0 saturated carbocycles. The zero-order valence-electron chi connectivity index (χ0n) is 15.6. The molecule has 0 fully saturated rings. The van der Waals surface area contributed by atoms with Gasteiger partial charge in [0.05, 0.1) is 18.1 Å². The number of anilines is 1. The van der Waals surface area contributed by atoms with Crippen LogP contribution in [0.15, 0.2) is 65.6 Å². The first kappa shape index (κ1) is 17.7. The van der Waals surface area contributed by atoms with E-state index in [1.54, 1.807) is 41.2 Å². The van der Waals surface area contributed by atoms with Crippen molar-refractivity contribution >= 4 is 22.5 Å². The van der Waals surface area contributed by atoms with Gasteiger partial charge in [0.1, 0.15) is 5.82 Å². The van der Waals surface area contributed by atoms with Crippen LogP contribution in [0.2, 0.25) is 0 Å². The molecule has 4 aromatic rings. The molecule has 0 aliphatic carbocycles. The van der Waals surface area contributed by atoms with Crippen LogP contribution < -0.4 is 10.9 Å². The van der Waals surface area contributed by atoms with Crippen LogP contribution in [0.4, 0.5) is 5.82 Å². The minimum atomic E-state index is -0.391. The standard InChI is InChI=1S/C21H19N5O2/c1-14-7-9-15(10-8-14)13-26-18(11-12-22-26)23-20(27)19-16-5-3-4-6-17(16)21(28)25(2)24-19/h3-12H,13H2,1-2H3,(H,23,27). The van der Waals surface area contributed by atoms with Crippen molar-refractivity contribution in [3.63, 3.8) is 0 Å². The molecule has 7 heteroatoms. The van der Waals surface area contributed by atoms with Crippen molar-refractivity contribution in [2.45, 2.75) is 13.5 Å². The van der Waals surface area contributed by atoms with Gasteiger partial charge < -0.3 is 5.32 Å². The van der Waals surface area contributed by atoms with Gasteiger partial charge >= 0.3 is 0 Å². The Labute approximate surface area is 161 Å². The SMILES string of the molecule is Cc1ccc(Cn2nccc2NC(=O)c2nn(C)c(=O)c3ccccc23)cc1. The molecule has 2 aromatic heterocycles. The minimum Gasteiger partial charge on any atom is -0.305 e. The first-order valence-electron chi connectivity index (χ1n) is 8.87. The summed E-state index contributed by atoms with van der Waals surface area (Å²) in [7, 11) is 1.53. The van der Waals surface area contributed by atoms with E-state index in [2.05, 4.69) is 15.5 Å². The zero-order chi connectivity index (χ0) is 19.7. The van der Waals surface area contributed by atoms with Gasteiger partial charge in [-0.25, -0.2) is 9.36 Å². The van der Waals surface area contributed by atoms with Crippen molar-refractivity contribution < 1.29 is 4.79 Å². The Bertz CT molecular complexity index is 1220. The second-order valence-corrected chi connectivity index (χ2v) is 6.64. The van der Waals surface area contributed by atoms with E-state index < -0.39 is 5.91 Å². The van der Waals surface area contributed by atoms with E-state index >= 15 is 0 Å². The highest BCUT2D eigenvalue weighted by atomic mass is 16.2. The molecule has 7 nitrogen and oxygen atoms in total. The Balaban J connectivity index is 1.65. The van der Waals surface area contributed by atoms with Crippen LogP contribution in [0.5, 0.6) is 0 Å². The fourth-order valence-corrected chi connectivity index (χ4v) is 3.07. The monoisotopic (exact) mass is 373 g/mol. The summed E-state index contributed by atoms with van der Waals surface area (Å²) in [5, 5.41) is 12.3. The molecule has 140 valence electrons. The number of aryl methyl sites for hydroxylation is 2. The molecule has 2 heterocycles. The minimum absolute atomic E-state index is 0.195. The van der Waals surface area contributed by atoms with Gasteiger partial charge in [0, 0.05) is 18.5 Å². The fraction of sp³-hybridized carbons (Fsp3) is 0.143. The van der Waals surface area contributed by atoms with Crippen LogP contribution in [0.3, 0.4) is 0 Å². The molecule has 1 amide bonds. The molecule has 0 aliphatic rings. The smallest absolute Gasteiger partial charge is 0.277 e. The van der Waals surface area contributed by atoms with Crippen molar-refractivity contribution in [2.75, 3.05) is 5.32 Å². The van der Waals surface area contributed by atoms with E-state index in [0.29, 0.717) is 23.1 Å². The number of fused-ring (bicyclic) bond motifs is 1. The van der Waals surface area contributed by atoms with E-state index in [1.165, 1.54) is 17.3 Å². The maximum absolute atomic E-state index is 12.9. The number of nitrogens with zero attached hydrogens (tertiary/aromatic N) is 4. The molecule has 0 spiro atoms. The van der Waals surface area contributed by atoms with Crippen molar-refractivity contribution in [1.82, 2.24) is 19.6 Å². The predicted molar refractivity (Wildman–Crippen MR) is 107 cm³/mol. The Morgan fingerprint density at radius 3 is 2.50 bits per heavy atom. The normalized spacial score (nSPS) is 10.9. The molecule has 0 unspecified atom stereocenters. The summed E-state index contributed by atoms with van der Waals surface area (Å²) in [4.78, 5) is 25.2. The van der Waals surface area contributed by atoms with Crippen LogP contribution in [-0.2, 0) is 13.6 Å². The molecule has 0 aliphatic heterocycles. The first-order valence-corrected chi connectivity index (χ1v) is 8.87. The molecule has 4 rings (SSSR count). The molecular weight excluding hydrogens is 354 g/mol. The van der Waals surface area contributed by atoms with Crippen molar-refractivity contribution in [3.8, 4) is 0 Å². The van der Waals surface area contributed by atoms with Crippen LogP contribution in [0.25, 0.3) is 10.8 Å². The summed E-state index contributed by atoms with van der Waals surface area (Å²) in [5.74, 6) is 0.169. The van der Waals surface area contributed by atoms with Crippen molar-refractivity contribution in [1.29, 1.82) is 0 Å². The lowest BCUT2D eigenvalue weighted by atomic mass is 10.1. The molecule has 2 aromatic carbocycles. The third-order valence-electron chi connectivity index (χ3n) is 4.58. The van der Waals surface area contributed by atoms with Gasteiger partial charge in [-0.1, -0.05) is 48.0 Å². The molecular formula is C21H19N5O2. The van der Waals surface area contributed by atoms with E-state index in [9.17, 15) is 9.59 Å². The van der Waals surface area contributed by atoms with Gasteiger partial charge in [0.2, 0.25) is 0 Å². The predicted octanol–water partition coefficient (Wildman–Crippen LogP) is 2.74. The maximum Gasteiger partial charge on any atom is 0.277 e. The Morgan fingerprint density at radius 1 is 1.04 bits per heavy atom. The van der Waals surface area contributed by atoms with Crippen molar-refractivity contribution in [3.05, 3.63) is 88.0 Å². The quantitative estimate of drug-likeness (QED) is 0.596. The van der Waals surface area contributed by atoms with Crippen molar-refractivity contribution in [2.24, 2.45) is 7.05 Å². The van der Waals surface area contributed by atoms with Crippen LogP contribution in [-0.4, -0.2) is 25.5 Å². The lowest BCUT2D eigenvalue weighted by molar-refractivity contribution is 0.102. The van der Waals surface area contributed by atoms with Crippen LogP contribution in [0.1, 0.15) is 21.6 Å². The highest BCUT2D eigenvalue weighted by molar-refractivity contribution is 6.10. The molecule has 28 heavy (non-hydrogen) atoms. The summed E-state index contributed by atoms with van der Waals surface area (Å²) in [5.41, 5.74) is 2.22. The number of carbonyl (C=O) groups is 1. The largest absolute Gasteiger partial charge is 0.305 e. The van der Waals surface area contributed by atoms with E-state index in [1.807, 2.05) is 31.2 Å². The number of amides is 1. The van der Waals surface area contributed by atoms with E-state index in [4.69, 9.17) is 0 Å². The number of benzene rings is 2. The fourth-order valence-electron chi connectivity index (χ4n) is 3.07. The summed E-state index contributed by atoms with van der Waals surface area (Å²) in [6.07, 6.45) is 1.64. The molecule has 0 bridgehead atoms. The molecule has 0 radical (unpaired) electrons. The number of rotatable bonds is 4. The Morgan fingerprint density at radius 2 is 1.75 bits per heavy atom. The summed E-state index contributed by atoms with van der Waals surface area (Å²) >= 11 is 0. The summed E-state index contributed by atoms with van der Waals surface area (Å²) in [6.45, 7) is 2.57. The van der Waals surface area contributed by atoms with Gasteiger partial charge in [0.25, 0.3) is 11.5 Å². The number of hydrogen-bond donors (Lipinski definition) is 1. The third-order valence-corrected chi connectivity index (χ3v) is 4.58. The topological polar surface area (TPSA) is 81.8 Å². The highest BCUT2D eigenvalue weighted by Gasteiger charge is 2.17. The number of carbonyl (C=O) groups excluding carboxylic acids is 1. The van der Waals surface area contributed by atoms with Gasteiger partial charge in [-0.05, 0) is 18.6 Å². The van der Waals surface area contributed by atoms with Gasteiger partial charge in [-0.3, -0.25) is 9.59 Å². The average Bonchev–Trinajstić information content (AvgIpc) is 3.13. The Kier molecular flexibility index (Phi) is 4.49. The lowest BCUT2D eigenvalue weighted by Crippen LogP contribution is -2.26. The number of hydrogen-bond acceptors (Lipinski definition) is 4. The molecule has 1 N–H and O–H groups in total. The summed E-state index contributed by atoms with van der Waals surface area (Å²) in [6, 6.07) is 16.8. The summed E-state index contributed by atoms with van der Waals surface area (Å²) < 4.78 is 2.90. The maximum atomic E-state index is 12.9. The number of nitrogens with one attached hydrogen (secondary N) is 1. The first-order chi connectivity index (χ1) is 13.5. The van der Waals surface area contributed by atoms with Crippen LogP contribution >= 0.6 is 0 Å². The highest BCUT2D eigenvalue weighted by Crippen LogP contribution is 2.16. The van der Waals surface area contributed by atoms with Crippen LogP contribution in [0, 0.1) is 6.92 Å². The molecule has 0 saturated heterocycles. The van der Waals surface area contributed by atoms with Gasteiger partial charge in [0.15, 0.2) is 5.69 Å². The van der Waals surface area contributed by atoms with E-state index in [-0.39, 0.29) is 11.3 Å². The average molecular weight is 373 g/mol. The third kappa shape index (κ3) is 3.29. The molecule has 0 atom stereocenters. The Hall–Kier alpha value is -3.74. The van der Waals surface area contributed by atoms with E-state index in [0.717, 1.165) is 5.56 Å². The second kappa shape index (κ2) is 7.11. The number of aromatic nitrogens is 4.